The van der Waals surface area contributed by atoms with E-state index >= 15 is 0 Å². The molecule has 0 spiro atoms. The number of morpholine rings is 1. The largest absolute Gasteiger partial charge is 0.375 e. The molecule has 0 aliphatic carbocycles. The lowest BCUT2D eigenvalue weighted by molar-refractivity contribution is -0.117. The lowest BCUT2D eigenvalue weighted by Crippen LogP contribution is -2.45. The fraction of sp³-hybridized carbons (Fsp3) is 0.619. The van der Waals surface area contributed by atoms with Crippen LogP contribution in [-0.4, -0.2) is 49.1 Å². The van der Waals surface area contributed by atoms with E-state index in [4.69, 9.17) is 4.74 Å². The zero-order valence-corrected chi connectivity index (χ0v) is 15.9. The van der Waals surface area contributed by atoms with Gasteiger partial charge in [-0.1, -0.05) is 26.7 Å². The molecular formula is C21H30N2O3. The third-order valence-corrected chi connectivity index (χ3v) is 5.23. The van der Waals surface area contributed by atoms with E-state index in [1.807, 2.05) is 29.2 Å². The van der Waals surface area contributed by atoms with Crippen molar-refractivity contribution in [3.8, 4) is 0 Å². The number of hydrogen-bond acceptors (Lipinski definition) is 3. The minimum Gasteiger partial charge on any atom is -0.375 e. The summed E-state index contributed by atoms with van der Waals surface area (Å²) in [6.45, 7) is 7.16. The van der Waals surface area contributed by atoms with Crippen LogP contribution in [0, 0.1) is 5.92 Å². The number of hydrogen-bond donors (Lipinski definition) is 0. The highest BCUT2D eigenvalue weighted by Crippen LogP contribution is 2.23. The van der Waals surface area contributed by atoms with Crippen LogP contribution in [0.15, 0.2) is 24.3 Å². The Morgan fingerprint density at radius 2 is 2.00 bits per heavy atom. The fourth-order valence-electron chi connectivity index (χ4n) is 3.72. The van der Waals surface area contributed by atoms with E-state index in [-0.39, 0.29) is 17.9 Å². The predicted octanol–water partition coefficient (Wildman–Crippen LogP) is 3.48. The molecule has 2 fully saturated rings. The first-order valence-corrected chi connectivity index (χ1v) is 9.86. The molecule has 2 aliphatic rings. The molecule has 0 aromatic heterocycles. The standard InChI is InChI=1S/C21H30N2O3/c1-16(2)5-3-6-19-15-22(13-14-26-19)21(25)17-8-10-18(11-9-17)23-12-4-7-20(23)24/h8-11,16,19H,3-7,12-15H2,1-2H3/t19-/m0/s1. The van der Waals surface area contributed by atoms with Crippen molar-refractivity contribution in [2.24, 2.45) is 5.92 Å². The molecule has 0 N–H and O–H groups in total. The molecule has 1 aromatic rings. The molecule has 2 saturated heterocycles. The van der Waals surface area contributed by atoms with Crippen LogP contribution in [0.3, 0.4) is 0 Å². The molecule has 0 bridgehead atoms. The van der Waals surface area contributed by atoms with Crippen molar-refractivity contribution in [3.63, 3.8) is 0 Å². The fourth-order valence-corrected chi connectivity index (χ4v) is 3.72. The average molecular weight is 358 g/mol. The SMILES string of the molecule is CC(C)CCC[C@H]1CN(C(=O)c2ccc(N3CCCC3=O)cc2)CCO1. The lowest BCUT2D eigenvalue weighted by Gasteiger charge is -2.33. The van der Waals surface area contributed by atoms with Crippen LogP contribution in [0.25, 0.3) is 0 Å². The van der Waals surface area contributed by atoms with Gasteiger partial charge in [0.25, 0.3) is 5.91 Å². The van der Waals surface area contributed by atoms with Crippen LogP contribution in [0.1, 0.15) is 56.3 Å². The van der Waals surface area contributed by atoms with Gasteiger partial charge in [0, 0.05) is 37.3 Å². The maximum atomic E-state index is 12.8. The second-order valence-electron chi connectivity index (χ2n) is 7.76. The van der Waals surface area contributed by atoms with Crippen molar-refractivity contribution >= 4 is 17.5 Å². The maximum absolute atomic E-state index is 12.8. The van der Waals surface area contributed by atoms with E-state index in [1.165, 1.54) is 6.42 Å². The zero-order chi connectivity index (χ0) is 18.5. The van der Waals surface area contributed by atoms with Crippen molar-refractivity contribution in [3.05, 3.63) is 29.8 Å². The van der Waals surface area contributed by atoms with E-state index in [2.05, 4.69) is 13.8 Å². The van der Waals surface area contributed by atoms with E-state index in [9.17, 15) is 9.59 Å². The number of carbonyl (C=O) groups is 2. The van der Waals surface area contributed by atoms with Gasteiger partial charge < -0.3 is 14.5 Å². The Morgan fingerprint density at radius 1 is 1.23 bits per heavy atom. The van der Waals surface area contributed by atoms with E-state index in [0.29, 0.717) is 37.6 Å². The molecule has 26 heavy (non-hydrogen) atoms. The molecule has 3 rings (SSSR count). The van der Waals surface area contributed by atoms with Crippen molar-refractivity contribution in [2.45, 2.75) is 52.1 Å². The van der Waals surface area contributed by atoms with Gasteiger partial charge in [-0.15, -0.1) is 0 Å². The summed E-state index contributed by atoms with van der Waals surface area (Å²) in [6, 6.07) is 7.45. The summed E-state index contributed by atoms with van der Waals surface area (Å²) in [6.07, 6.45) is 5.02. The predicted molar refractivity (Wildman–Crippen MR) is 102 cm³/mol. The first-order chi connectivity index (χ1) is 12.5. The summed E-state index contributed by atoms with van der Waals surface area (Å²) in [5.41, 5.74) is 1.57. The number of carbonyl (C=O) groups excluding carboxylic acids is 2. The molecular weight excluding hydrogens is 328 g/mol. The summed E-state index contributed by atoms with van der Waals surface area (Å²) < 4.78 is 5.84. The normalized spacial score (nSPS) is 20.9. The Balaban J connectivity index is 1.57. The van der Waals surface area contributed by atoms with Gasteiger partial charge in [0.1, 0.15) is 0 Å². The Bertz CT molecular complexity index is 627. The van der Waals surface area contributed by atoms with E-state index in [0.717, 1.165) is 31.5 Å². The smallest absolute Gasteiger partial charge is 0.254 e. The molecule has 0 unspecified atom stereocenters. The van der Waals surface area contributed by atoms with Crippen LogP contribution in [-0.2, 0) is 9.53 Å². The molecule has 0 saturated carbocycles. The number of ether oxygens (including phenoxy) is 1. The lowest BCUT2D eigenvalue weighted by atomic mass is 10.0. The van der Waals surface area contributed by atoms with Gasteiger partial charge in [-0.25, -0.2) is 0 Å². The highest BCUT2D eigenvalue weighted by molar-refractivity contribution is 5.97. The van der Waals surface area contributed by atoms with E-state index < -0.39 is 0 Å². The van der Waals surface area contributed by atoms with Crippen LogP contribution < -0.4 is 4.90 Å². The molecule has 2 heterocycles. The second-order valence-corrected chi connectivity index (χ2v) is 7.76. The molecule has 142 valence electrons. The monoisotopic (exact) mass is 358 g/mol. The Hall–Kier alpha value is -1.88. The quantitative estimate of drug-likeness (QED) is 0.782. The van der Waals surface area contributed by atoms with Crippen molar-refractivity contribution in [1.82, 2.24) is 4.90 Å². The minimum absolute atomic E-state index is 0.0569. The summed E-state index contributed by atoms with van der Waals surface area (Å²) in [4.78, 5) is 28.4. The van der Waals surface area contributed by atoms with Crippen LogP contribution in [0.5, 0.6) is 0 Å². The summed E-state index contributed by atoms with van der Waals surface area (Å²) >= 11 is 0. The Labute approximate surface area is 156 Å². The van der Waals surface area contributed by atoms with Gasteiger partial charge in [-0.3, -0.25) is 9.59 Å². The minimum atomic E-state index is 0.0569. The summed E-state index contributed by atoms with van der Waals surface area (Å²) in [7, 11) is 0. The van der Waals surface area contributed by atoms with Crippen LogP contribution >= 0.6 is 0 Å². The van der Waals surface area contributed by atoms with Crippen LogP contribution in [0.2, 0.25) is 0 Å². The maximum Gasteiger partial charge on any atom is 0.254 e. The average Bonchev–Trinajstić information content (AvgIpc) is 3.07. The molecule has 2 aliphatic heterocycles. The van der Waals surface area contributed by atoms with E-state index in [1.54, 1.807) is 4.90 Å². The van der Waals surface area contributed by atoms with Crippen molar-refractivity contribution < 1.29 is 14.3 Å². The molecule has 2 amide bonds. The molecule has 5 nitrogen and oxygen atoms in total. The highest BCUT2D eigenvalue weighted by Gasteiger charge is 2.26. The van der Waals surface area contributed by atoms with Gasteiger partial charge >= 0.3 is 0 Å². The Kier molecular flexibility index (Phi) is 6.30. The number of nitrogens with zero attached hydrogens (tertiary/aromatic N) is 2. The first kappa shape index (κ1) is 18.9. The number of amides is 2. The summed E-state index contributed by atoms with van der Waals surface area (Å²) in [5, 5.41) is 0. The zero-order valence-electron chi connectivity index (χ0n) is 15.9. The van der Waals surface area contributed by atoms with Crippen LogP contribution in [0.4, 0.5) is 5.69 Å². The van der Waals surface area contributed by atoms with Crippen molar-refractivity contribution in [1.29, 1.82) is 0 Å². The third-order valence-electron chi connectivity index (χ3n) is 5.23. The number of rotatable bonds is 6. The molecule has 5 heteroatoms. The van der Waals surface area contributed by atoms with Crippen molar-refractivity contribution in [2.75, 3.05) is 31.1 Å². The summed E-state index contributed by atoms with van der Waals surface area (Å²) in [5.74, 6) is 0.931. The highest BCUT2D eigenvalue weighted by atomic mass is 16.5. The third kappa shape index (κ3) is 4.64. The second kappa shape index (κ2) is 8.67. The topological polar surface area (TPSA) is 49.9 Å². The van der Waals surface area contributed by atoms with Gasteiger partial charge in [0.05, 0.1) is 12.7 Å². The van der Waals surface area contributed by atoms with Gasteiger partial charge in [0.2, 0.25) is 5.91 Å². The first-order valence-electron chi connectivity index (χ1n) is 9.86. The molecule has 1 atom stereocenters. The van der Waals surface area contributed by atoms with Gasteiger partial charge in [-0.05, 0) is 43.0 Å². The number of anilines is 1. The number of benzene rings is 1. The Morgan fingerprint density at radius 3 is 2.65 bits per heavy atom. The molecule has 1 aromatic carbocycles. The van der Waals surface area contributed by atoms with Gasteiger partial charge in [0.15, 0.2) is 0 Å². The molecule has 0 radical (unpaired) electrons. The van der Waals surface area contributed by atoms with Gasteiger partial charge in [-0.2, -0.15) is 0 Å².